The smallest absolute Gasteiger partial charge is 0.0193 e. The van der Waals surface area contributed by atoms with E-state index in [0.717, 1.165) is 11.1 Å². The largest absolute Gasteiger partial charge is 0.102 e. The van der Waals surface area contributed by atoms with Crippen molar-refractivity contribution in [1.82, 2.24) is 0 Å². The Morgan fingerprint density at radius 1 is 1.08 bits per heavy atom. The van der Waals surface area contributed by atoms with Crippen LogP contribution in [0.1, 0.15) is 5.56 Å². The van der Waals surface area contributed by atoms with Gasteiger partial charge in [0.05, 0.1) is 0 Å². The second-order valence-electron chi connectivity index (χ2n) is 2.89. The highest BCUT2D eigenvalue weighted by Gasteiger charge is 2.05. The van der Waals surface area contributed by atoms with Crippen LogP contribution in [0.15, 0.2) is 62.2 Å². The van der Waals surface area contributed by atoms with Crippen molar-refractivity contribution in [2.75, 3.05) is 0 Å². The summed E-state index contributed by atoms with van der Waals surface area (Å²) in [5, 5.41) is 0. The van der Waals surface area contributed by atoms with Crippen molar-refractivity contribution in [3.63, 3.8) is 0 Å². The summed E-state index contributed by atoms with van der Waals surface area (Å²) in [7, 11) is 0. The molecule has 0 saturated heterocycles. The Morgan fingerprint density at radius 3 is 2.08 bits per heavy atom. The first-order valence-electron chi connectivity index (χ1n) is 4.29. The molecule has 0 aliphatic carbocycles. The van der Waals surface area contributed by atoms with Gasteiger partial charge in [-0.3, -0.25) is 0 Å². The molecular weight excluding hydrogens is 156 g/mol. The van der Waals surface area contributed by atoms with E-state index in [1.165, 1.54) is 0 Å². The molecule has 0 spiro atoms. The predicted octanol–water partition coefficient (Wildman–Crippen LogP) is 3.69. The van der Waals surface area contributed by atoms with Crippen molar-refractivity contribution in [3.05, 3.63) is 67.8 Å². The highest BCUT2D eigenvalue weighted by Crippen LogP contribution is 2.22. The predicted molar refractivity (Wildman–Crippen MR) is 59.4 cm³/mol. The summed E-state index contributed by atoms with van der Waals surface area (Å²) in [6.07, 6.45) is 3.70. The first-order valence-corrected chi connectivity index (χ1v) is 4.29. The summed E-state index contributed by atoms with van der Waals surface area (Å²) in [4.78, 5) is 0. The van der Waals surface area contributed by atoms with Crippen LogP contribution in [0.3, 0.4) is 0 Å². The van der Waals surface area contributed by atoms with Gasteiger partial charge in [-0.1, -0.05) is 49.1 Å². The Labute approximate surface area is 79.9 Å². The van der Waals surface area contributed by atoms with Crippen LogP contribution in [0, 0.1) is 5.92 Å². The van der Waals surface area contributed by atoms with E-state index < -0.39 is 0 Å². The first-order chi connectivity index (χ1) is 6.29. The molecule has 0 saturated carbocycles. The summed E-state index contributed by atoms with van der Waals surface area (Å²) in [5.41, 5.74) is 2.19. The molecule has 0 nitrogen and oxygen atoms in total. The van der Waals surface area contributed by atoms with Crippen molar-refractivity contribution in [1.29, 1.82) is 0 Å². The molecule has 0 unspecified atom stereocenters. The van der Waals surface area contributed by atoms with Crippen LogP contribution in [0.4, 0.5) is 0 Å². The lowest BCUT2D eigenvalue weighted by Crippen LogP contribution is -1.94. The molecule has 13 heavy (non-hydrogen) atoms. The average molecular weight is 170 g/mol. The molecule has 0 aliphatic rings. The van der Waals surface area contributed by atoms with Crippen LogP contribution in [-0.4, -0.2) is 0 Å². The van der Waals surface area contributed by atoms with Gasteiger partial charge < -0.3 is 0 Å². The molecule has 0 radical (unpaired) electrons. The number of hydrogen-bond acceptors (Lipinski definition) is 0. The zero-order valence-electron chi connectivity index (χ0n) is 7.74. The average Bonchev–Trinajstić information content (AvgIpc) is 2.21. The summed E-state index contributed by atoms with van der Waals surface area (Å²) in [6, 6.07) is 10.1. The highest BCUT2D eigenvalue weighted by molar-refractivity contribution is 5.67. The monoisotopic (exact) mass is 170 g/mol. The van der Waals surface area contributed by atoms with E-state index in [0.29, 0.717) is 0 Å². The maximum absolute atomic E-state index is 4.02. The summed E-state index contributed by atoms with van der Waals surface area (Å²) in [6.45, 7) is 11.5. The zero-order valence-corrected chi connectivity index (χ0v) is 7.74. The van der Waals surface area contributed by atoms with Gasteiger partial charge in [-0.25, -0.2) is 0 Å². The fourth-order valence-electron chi connectivity index (χ4n) is 1.23. The third-order valence-electron chi connectivity index (χ3n) is 2.05. The molecule has 1 rings (SSSR count). The molecule has 0 atom stereocenters. The van der Waals surface area contributed by atoms with E-state index >= 15 is 0 Å². The van der Waals surface area contributed by atoms with Gasteiger partial charge in [0.2, 0.25) is 0 Å². The Kier molecular flexibility index (Phi) is 3.27. The van der Waals surface area contributed by atoms with Crippen molar-refractivity contribution in [3.8, 4) is 0 Å². The van der Waals surface area contributed by atoms with E-state index in [4.69, 9.17) is 0 Å². The van der Waals surface area contributed by atoms with Crippen LogP contribution in [0.2, 0.25) is 0 Å². The van der Waals surface area contributed by atoms with Gasteiger partial charge in [-0.05, 0) is 11.1 Å². The van der Waals surface area contributed by atoms with Gasteiger partial charge in [0, 0.05) is 5.92 Å². The lowest BCUT2D eigenvalue weighted by molar-refractivity contribution is 1.11. The van der Waals surface area contributed by atoms with Gasteiger partial charge in [-0.2, -0.15) is 0 Å². The van der Waals surface area contributed by atoms with Gasteiger partial charge in [0.25, 0.3) is 0 Å². The Hall–Kier alpha value is -1.56. The molecule has 0 N–H and O–H groups in total. The second-order valence-corrected chi connectivity index (χ2v) is 2.89. The second kappa shape index (κ2) is 4.46. The van der Waals surface area contributed by atoms with E-state index in [1.54, 1.807) is 0 Å². The minimum absolute atomic E-state index is 0.169. The van der Waals surface area contributed by atoms with E-state index in [1.807, 2.05) is 42.5 Å². The lowest BCUT2D eigenvalue weighted by atomic mass is 9.94. The molecule has 0 bridgehead atoms. The third-order valence-corrected chi connectivity index (χ3v) is 2.05. The number of benzene rings is 1. The minimum atomic E-state index is 0.169. The normalized spacial score (nSPS) is 9.62. The molecular formula is C13H14. The fraction of sp³-hybridized carbons (Fsp3) is 0.0769. The standard InChI is InChI=1S/C13H14/c1-4-12(5-2)11(3)13-9-7-6-8-10-13/h4-10,12H,1-3H2. The summed E-state index contributed by atoms with van der Waals surface area (Å²) in [5.74, 6) is 0.169. The van der Waals surface area contributed by atoms with Crippen LogP contribution >= 0.6 is 0 Å². The Balaban J connectivity index is 2.90. The summed E-state index contributed by atoms with van der Waals surface area (Å²) < 4.78 is 0. The quantitative estimate of drug-likeness (QED) is 0.604. The van der Waals surface area contributed by atoms with Crippen LogP contribution < -0.4 is 0 Å². The SMILES string of the molecule is C=CC(C=C)C(=C)c1ccccc1. The Morgan fingerprint density at radius 2 is 1.62 bits per heavy atom. The van der Waals surface area contributed by atoms with Crippen LogP contribution in [0.5, 0.6) is 0 Å². The van der Waals surface area contributed by atoms with E-state index in [2.05, 4.69) is 19.7 Å². The topological polar surface area (TPSA) is 0 Å². The first kappa shape index (κ1) is 9.53. The molecule has 0 aliphatic heterocycles. The molecule has 0 fully saturated rings. The van der Waals surface area contributed by atoms with Crippen molar-refractivity contribution in [2.24, 2.45) is 5.92 Å². The van der Waals surface area contributed by atoms with Crippen LogP contribution in [-0.2, 0) is 0 Å². The lowest BCUT2D eigenvalue weighted by Gasteiger charge is -2.10. The van der Waals surface area contributed by atoms with Crippen molar-refractivity contribution >= 4 is 5.57 Å². The maximum Gasteiger partial charge on any atom is 0.0193 e. The molecule has 0 heteroatoms. The molecule has 1 aromatic carbocycles. The van der Waals surface area contributed by atoms with E-state index in [-0.39, 0.29) is 5.92 Å². The van der Waals surface area contributed by atoms with Gasteiger partial charge >= 0.3 is 0 Å². The maximum atomic E-state index is 4.02. The third kappa shape index (κ3) is 2.19. The molecule has 0 heterocycles. The highest BCUT2D eigenvalue weighted by atomic mass is 14.1. The summed E-state index contributed by atoms with van der Waals surface area (Å²) >= 11 is 0. The minimum Gasteiger partial charge on any atom is -0.102 e. The van der Waals surface area contributed by atoms with Crippen molar-refractivity contribution < 1.29 is 0 Å². The number of hydrogen-bond donors (Lipinski definition) is 0. The zero-order chi connectivity index (χ0) is 9.68. The van der Waals surface area contributed by atoms with E-state index in [9.17, 15) is 0 Å². The molecule has 0 aromatic heterocycles. The van der Waals surface area contributed by atoms with Gasteiger partial charge in [-0.15, -0.1) is 13.2 Å². The Bertz CT molecular complexity index is 298. The number of rotatable bonds is 4. The number of allylic oxidation sites excluding steroid dienone is 3. The van der Waals surface area contributed by atoms with Crippen LogP contribution in [0.25, 0.3) is 5.57 Å². The van der Waals surface area contributed by atoms with Crippen molar-refractivity contribution in [2.45, 2.75) is 0 Å². The molecule has 66 valence electrons. The molecule has 0 amide bonds. The molecule has 1 aromatic rings. The van der Waals surface area contributed by atoms with Gasteiger partial charge in [0.15, 0.2) is 0 Å². The fourth-order valence-corrected chi connectivity index (χ4v) is 1.23. The van der Waals surface area contributed by atoms with Gasteiger partial charge in [0.1, 0.15) is 0 Å².